The third kappa shape index (κ3) is 3.15. The number of nitrogens with one attached hydrogen (secondary N) is 1. The Morgan fingerprint density at radius 1 is 1.53 bits per heavy atom. The van der Waals surface area contributed by atoms with Crippen molar-refractivity contribution in [1.29, 1.82) is 0 Å². The van der Waals surface area contributed by atoms with Crippen LogP contribution in [0.1, 0.15) is 5.56 Å². The standard InChI is InChI=1S/C9H7BrClN3S/c10-7-3-6(5-15-7)4-13-8-1-2-12-9(11)14-8/h1-3,5H,4H2,(H,12,13,14). The van der Waals surface area contributed by atoms with Crippen LogP contribution < -0.4 is 5.32 Å². The number of hydrogen-bond donors (Lipinski definition) is 1. The quantitative estimate of drug-likeness (QED) is 0.881. The average Bonchev–Trinajstić information content (AvgIpc) is 2.62. The van der Waals surface area contributed by atoms with Gasteiger partial charge in [0.15, 0.2) is 0 Å². The van der Waals surface area contributed by atoms with Crippen molar-refractivity contribution < 1.29 is 0 Å². The highest BCUT2D eigenvalue weighted by Crippen LogP contribution is 2.21. The Morgan fingerprint density at radius 2 is 2.40 bits per heavy atom. The van der Waals surface area contributed by atoms with E-state index < -0.39 is 0 Å². The zero-order chi connectivity index (χ0) is 10.7. The maximum Gasteiger partial charge on any atom is 0.224 e. The number of anilines is 1. The minimum absolute atomic E-state index is 0.256. The lowest BCUT2D eigenvalue weighted by Crippen LogP contribution is -2.00. The largest absolute Gasteiger partial charge is 0.366 e. The molecule has 2 aromatic heterocycles. The van der Waals surface area contributed by atoms with Crippen molar-refractivity contribution in [3.63, 3.8) is 0 Å². The molecule has 0 amide bonds. The van der Waals surface area contributed by atoms with Gasteiger partial charge in [0.1, 0.15) is 5.82 Å². The predicted octanol–water partition coefficient (Wildman–Crippen LogP) is 3.57. The number of thiophene rings is 1. The molecule has 15 heavy (non-hydrogen) atoms. The van der Waals surface area contributed by atoms with Crippen molar-refractivity contribution in [2.45, 2.75) is 6.54 Å². The number of nitrogens with zero attached hydrogens (tertiary/aromatic N) is 2. The summed E-state index contributed by atoms with van der Waals surface area (Å²) in [6, 6.07) is 3.85. The van der Waals surface area contributed by atoms with Crippen molar-refractivity contribution in [3.8, 4) is 0 Å². The summed E-state index contributed by atoms with van der Waals surface area (Å²) in [7, 11) is 0. The van der Waals surface area contributed by atoms with Crippen LogP contribution in [0.5, 0.6) is 0 Å². The molecule has 0 bridgehead atoms. The number of hydrogen-bond acceptors (Lipinski definition) is 4. The fourth-order valence-electron chi connectivity index (χ4n) is 1.06. The molecule has 2 aromatic rings. The Bertz CT molecular complexity index is 460. The fourth-order valence-corrected chi connectivity index (χ4v) is 2.42. The van der Waals surface area contributed by atoms with E-state index in [-0.39, 0.29) is 5.28 Å². The van der Waals surface area contributed by atoms with Crippen LogP contribution in [0.2, 0.25) is 5.28 Å². The van der Waals surface area contributed by atoms with Crippen LogP contribution in [0.15, 0.2) is 27.5 Å². The monoisotopic (exact) mass is 303 g/mol. The molecule has 0 aromatic carbocycles. The maximum atomic E-state index is 5.66. The van der Waals surface area contributed by atoms with Gasteiger partial charge in [-0.25, -0.2) is 9.97 Å². The summed E-state index contributed by atoms with van der Waals surface area (Å²) in [6.07, 6.45) is 1.63. The first-order chi connectivity index (χ1) is 7.24. The Morgan fingerprint density at radius 3 is 3.07 bits per heavy atom. The molecule has 6 heteroatoms. The first-order valence-electron chi connectivity index (χ1n) is 4.19. The van der Waals surface area contributed by atoms with Crippen LogP contribution in [-0.2, 0) is 6.54 Å². The van der Waals surface area contributed by atoms with Crippen LogP contribution in [0, 0.1) is 0 Å². The summed E-state index contributed by atoms with van der Waals surface area (Å²) in [6.45, 7) is 0.732. The van der Waals surface area contributed by atoms with Crippen molar-refractivity contribution in [2.24, 2.45) is 0 Å². The first-order valence-corrected chi connectivity index (χ1v) is 6.24. The van der Waals surface area contributed by atoms with Crippen molar-refractivity contribution in [3.05, 3.63) is 38.3 Å². The van der Waals surface area contributed by atoms with E-state index in [2.05, 4.69) is 42.7 Å². The van der Waals surface area contributed by atoms with E-state index in [0.717, 1.165) is 16.1 Å². The first kappa shape index (κ1) is 10.9. The molecule has 0 spiro atoms. The van der Waals surface area contributed by atoms with Gasteiger partial charge in [0, 0.05) is 12.7 Å². The smallest absolute Gasteiger partial charge is 0.224 e. The van der Waals surface area contributed by atoms with Crippen molar-refractivity contribution >= 4 is 44.7 Å². The summed E-state index contributed by atoms with van der Waals surface area (Å²) < 4.78 is 1.13. The average molecular weight is 305 g/mol. The van der Waals surface area contributed by atoms with E-state index in [1.165, 1.54) is 5.56 Å². The highest BCUT2D eigenvalue weighted by atomic mass is 79.9. The van der Waals surface area contributed by atoms with Crippen LogP contribution in [0.25, 0.3) is 0 Å². The fraction of sp³-hybridized carbons (Fsp3) is 0.111. The van der Waals surface area contributed by atoms with Gasteiger partial charge in [0.25, 0.3) is 0 Å². The second-order valence-corrected chi connectivity index (χ2v) is 5.45. The summed E-state index contributed by atoms with van der Waals surface area (Å²) in [5.74, 6) is 0.734. The molecule has 78 valence electrons. The van der Waals surface area contributed by atoms with Gasteiger partial charge < -0.3 is 5.32 Å². The van der Waals surface area contributed by atoms with E-state index in [1.54, 1.807) is 23.6 Å². The van der Waals surface area contributed by atoms with E-state index in [4.69, 9.17) is 11.6 Å². The molecular weight excluding hydrogens is 298 g/mol. The van der Waals surface area contributed by atoms with Crippen LogP contribution >= 0.6 is 38.9 Å². The molecule has 0 fully saturated rings. The molecule has 1 N–H and O–H groups in total. The Balaban J connectivity index is 1.99. The van der Waals surface area contributed by atoms with E-state index in [1.807, 2.05) is 0 Å². The number of halogens is 2. The van der Waals surface area contributed by atoms with Crippen LogP contribution in [0.3, 0.4) is 0 Å². The van der Waals surface area contributed by atoms with Gasteiger partial charge in [-0.3, -0.25) is 0 Å². The third-order valence-electron chi connectivity index (χ3n) is 1.72. The molecule has 0 aliphatic heterocycles. The van der Waals surface area contributed by atoms with Gasteiger partial charge in [-0.1, -0.05) is 0 Å². The molecule has 0 aliphatic carbocycles. The Kier molecular flexibility index (Phi) is 3.56. The van der Waals surface area contributed by atoms with Gasteiger partial charge >= 0.3 is 0 Å². The molecule has 2 rings (SSSR count). The molecular formula is C9H7BrClN3S. The lowest BCUT2D eigenvalue weighted by atomic mass is 10.3. The molecule has 0 unspecified atom stereocenters. The Hall–Kier alpha value is -0.650. The molecule has 0 saturated carbocycles. The van der Waals surface area contributed by atoms with Gasteiger partial charge in [-0.05, 0) is 50.6 Å². The summed E-state index contributed by atoms with van der Waals surface area (Å²) >= 11 is 10.7. The molecule has 0 radical (unpaired) electrons. The SMILES string of the molecule is Clc1nccc(NCc2csc(Br)c2)n1. The zero-order valence-electron chi connectivity index (χ0n) is 7.58. The normalized spacial score (nSPS) is 10.3. The van der Waals surface area contributed by atoms with Crippen molar-refractivity contribution in [1.82, 2.24) is 9.97 Å². The minimum Gasteiger partial charge on any atom is -0.366 e. The van der Waals surface area contributed by atoms with E-state index >= 15 is 0 Å². The number of rotatable bonds is 3. The summed E-state index contributed by atoms with van der Waals surface area (Å²) in [5.41, 5.74) is 1.21. The van der Waals surface area contributed by atoms with Crippen molar-refractivity contribution in [2.75, 3.05) is 5.32 Å². The maximum absolute atomic E-state index is 5.66. The third-order valence-corrected chi connectivity index (χ3v) is 3.46. The minimum atomic E-state index is 0.256. The molecule has 0 atom stereocenters. The number of aromatic nitrogens is 2. The molecule has 0 saturated heterocycles. The summed E-state index contributed by atoms with van der Waals surface area (Å²) in [5, 5.41) is 5.50. The van der Waals surface area contributed by atoms with Gasteiger partial charge in [-0.2, -0.15) is 0 Å². The summed E-state index contributed by atoms with van der Waals surface area (Å²) in [4.78, 5) is 7.84. The topological polar surface area (TPSA) is 37.8 Å². The molecule has 2 heterocycles. The van der Waals surface area contributed by atoms with Crippen LogP contribution in [0.4, 0.5) is 5.82 Å². The van der Waals surface area contributed by atoms with Gasteiger partial charge in [0.05, 0.1) is 3.79 Å². The second kappa shape index (κ2) is 4.92. The van der Waals surface area contributed by atoms with Crippen LogP contribution in [-0.4, -0.2) is 9.97 Å². The van der Waals surface area contributed by atoms with E-state index in [9.17, 15) is 0 Å². The van der Waals surface area contributed by atoms with Gasteiger partial charge in [-0.15, -0.1) is 11.3 Å². The highest BCUT2D eigenvalue weighted by molar-refractivity contribution is 9.11. The molecule has 0 aliphatic rings. The Labute approximate surface area is 105 Å². The van der Waals surface area contributed by atoms with E-state index in [0.29, 0.717) is 0 Å². The highest BCUT2D eigenvalue weighted by Gasteiger charge is 1.99. The predicted molar refractivity (Wildman–Crippen MR) is 66.4 cm³/mol. The molecule has 3 nitrogen and oxygen atoms in total. The second-order valence-electron chi connectivity index (χ2n) is 2.82. The van der Waals surface area contributed by atoms with Gasteiger partial charge in [0.2, 0.25) is 5.28 Å². The zero-order valence-corrected chi connectivity index (χ0v) is 10.7. The lowest BCUT2D eigenvalue weighted by molar-refractivity contribution is 1.09. The lowest BCUT2D eigenvalue weighted by Gasteiger charge is -2.02.